The predicted octanol–water partition coefficient (Wildman–Crippen LogP) is 3.15. The van der Waals surface area contributed by atoms with Crippen molar-refractivity contribution in [2.75, 3.05) is 13.7 Å². The Bertz CT molecular complexity index is 367. The lowest BCUT2D eigenvalue weighted by atomic mass is 10.0. The molecule has 0 radical (unpaired) electrons. The van der Waals surface area contributed by atoms with E-state index in [0.717, 1.165) is 31.6 Å². The molecule has 2 nitrogen and oxygen atoms in total. The van der Waals surface area contributed by atoms with Gasteiger partial charge in [-0.15, -0.1) is 12.3 Å². The second-order valence-corrected chi connectivity index (χ2v) is 4.01. The van der Waals surface area contributed by atoms with Crippen molar-refractivity contribution in [3.8, 4) is 18.1 Å². The van der Waals surface area contributed by atoms with Crippen LogP contribution in [0.5, 0.6) is 5.75 Å². The fraction of sp³-hybridized carbons (Fsp3) is 0.467. The SMILES string of the molecule is C#CCCC(NC)c1cccc(OCCC)c1. The van der Waals surface area contributed by atoms with Crippen molar-refractivity contribution in [1.29, 1.82) is 0 Å². The first kappa shape index (κ1) is 13.6. The van der Waals surface area contributed by atoms with Crippen LogP contribution >= 0.6 is 0 Å². The summed E-state index contributed by atoms with van der Waals surface area (Å²) in [4.78, 5) is 0. The maximum atomic E-state index is 5.63. The molecule has 0 aliphatic carbocycles. The minimum atomic E-state index is 0.302. The number of ether oxygens (including phenoxy) is 1. The molecule has 0 heterocycles. The summed E-state index contributed by atoms with van der Waals surface area (Å²) in [5.41, 5.74) is 1.23. The Morgan fingerprint density at radius 1 is 1.47 bits per heavy atom. The highest BCUT2D eigenvalue weighted by Crippen LogP contribution is 2.22. The lowest BCUT2D eigenvalue weighted by Crippen LogP contribution is -2.16. The Balaban J connectivity index is 2.70. The van der Waals surface area contributed by atoms with Gasteiger partial charge < -0.3 is 10.1 Å². The molecule has 1 N–H and O–H groups in total. The average molecular weight is 231 g/mol. The van der Waals surface area contributed by atoms with Crippen LogP contribution in [0.3, 0.4) is 0 Å². The Morgan fingerprint density at radius 3 is 2.94 bits per heavy atom. The van der Waals surface area contributed by atoms with Gasteiger partial charge >= 0.3 is 0 Å². The van der Waals surface area contributed by atoms with Crippen molar-refractivity contribution >= 4 is 0 Å². The van der Waals surface area contributed by atoms with Gasteiger partial charge in [0.25, 0.3) is 0 Å². The molecule has 17 heavy (non-hydrogen) atoms. The van der Waals surface area contributed by atoms with E-state index in [2.05, 4.69) is 30.3 Å². The Morgan fingerprint density at radius 2 is 2.29 bits per heavy atom. The molecular weight excluding hydrogens is 210 g/mol. The van der Waals surface area contributed by atoms with E-state index < -0.39 is 0 Å². The third-order valence-corrected chi connectivity index (χ3v) is 2.66. The number of nitrogens with one attached hydrogen (secondary N) is 1. The first-order valence-electron chi connectivity index (χ1n) is 6.15. The second-order valence-electron chi connectivity index (χ2n) is 4.01. The van der Waals surface area contributed by atoms with Crippen molar-refractivity contribution in [2.24, 2.45) is 0 Å². The molecule has 1 aromatic rings. The van der Waals surface area contributed by atoms with Gasteiger partial charge in [-0.3, -0.25) is 0 Å². The summed E-state index contributed by atoms with van der Waals surface area (Å²) in [7, 11) is 1.96. The summed E-state index contributed by atoms with van der Waals surface area (Å²) in [6, 6.07) is 8.52. The van der Waals surface area contributed by atoms with Gasteiger partial charge in [0.2, 0.25) is 0 Å². The zero-order chi connectivity index (χ0) is 12.5. The zero-order valence-corrected chi connectivity index (χ0v) is 10.7. The Kier molecular flexibility index (Phi) is 6.21. The van der Waals surface area contributed by atoms with E-state index in [9.17, 15) is 0 Å². The first-order valence-corrected chi connectivity index (χ1v) is 6.15. The molecule has 0 spiro atoms. The fourth-order valence-electron chi connectivity index (χ4n) is 1.75. The van der Waals surface area contributed by atoms with Gasteiger partial charge in [-0.2, -0.15) is 0 Å². The van der Waals surface area contributed by atoms with Crippen molar-refractivity contribution in [1.82, 2.24) is 5.32 Å². The van der Waals surface area contributed by atoms with Gasteiger partial charge in [-0.05, 0) is 37.6 Å². The van der Waals surface area contributed by atoms with E-state index in [1.165, 1.54) is 5.56 Å². The molecule has 1 rings (SSSR count). The Labute approximate surface area is 104 Å². The monoisotopic (exact) mass is 231 g/mol. The van der Waals surface area contributed by atoms with Gasteiger partial charge in [-0.1, -0.05) is 19.1 Å². The standard InChI is InChI=1S/C15H21NO/c1-4-6-10-15(16-3)13-8-7-9-14(12-13)17-11-5-2/h1,7-9,12,15-16H,5-6,10-11H2,2-3H3. The molecular formula is C15H21NO. The number of hydrogen-bond donors (Lipinski definition) is 1. The van der Waals surface area contributed by atoms with Crippen molar-refractivity contribution < 1.29 is 4.74 Å². The third kappa shape index (κ3) is 4.50. The second kappa shape index (κ2) is 7.76. The topological polar surface area (TPSA) is 21.3 Å². The van der Waals surface area contributed by atoms with Gasteiger partial charge in [-0.25, -0.2) is 0 Å². The first-order chi connectivity index (χ1) is 8.31. The van der Waals surface area contributed by atoms with Crippen LogP contribution in [0, 0.1) is 12.3 Å². The van der Waals surface area contributed by atoms with Gasteiger partial charge in [0.05, 0.1) is 6.61 Å². The highest BCUT2D eigenvalue weighted by atomic mass is 16.5. The molecule has 0 aromatic heterocycles. The molecule has 1 atom stereocenters. The minimum absolute atomic E-state index is 0.302. The van der Waals surface area contributed by atoms with Crippen LogP contribution < -0.4 is 10.1 Å². The summed E-state index contributed by atoms with van der Waals surface area (Å²) in [6.45, 7) is 2.87. The molecule has 92 valence electrons. The number of benzene rings is 1. The normalized spacial score (nSPS) is 11.8. The van der Waals surface area contributed by atoms with Gasteiger partial charge in [0, 0.05) is 12.5 Å². The number of hydrogen-bond acceptors (Lipinski definition) is 2. The average Bonchev–Trinajstić information content (AvgIpc) is 2.38. The van der Waals surface area contributed by atoms with Gasteiger partial charge in [0.1, 0.15) is 5.75 Å². The van der Waals surface area contributed by atoms with E-state index in [-0.39, 0.29) is 0 Å². The molecule has 0 aliphatic rings. The maximum Gasteiger partial charge on any atom is 0.119 e. The Hall–Kier alpha value is -1.46. The molecule has 0 saturated carbocycles. The summed E-state index contributed by atoms with van der Waals surface area (Å²) >= 11 is 0. The molecule has 1 unspecified atom stereocenters. The predicted molar refractivity (Wildman–Crippen MR) is 72.1 cm³/mol. The van der Waals surface area contributed by atoms with E-state index in [1.54, 1.807) is 0 Å². The largest absolute Gasteiger partial charge is 0.494 e. The molecule has 0 fully saturated rings. The van der Waals surface area contributed by atoms with E-state index in [1.807, 2.05) is 19.2 Å². The third-order valence-electron chi connectivity index (χ3n) is 2.66. The van der Waals surface area contributed by atoms with Crippen LogP contribution in [0.15, 0.2) is 24.3 Å². The summed E-state index contributed by atoms with van der Waals surface area (Å²) in [5, 5.41) is 3.29. The minimum Gasteiger partial charge on any atom is -0.494 e. The van der Waals surface area contributed by atoms with E-state index >= 15 is 0 Å². The summed E-state index contributed by atoms with van der Waals surface area (Å²) < 4.78 is 5.63. The van der Waals surface area contributed by atoms with Crippen LogP contribution in [0.25, 0.3) is 0 Å². The zero-order valence-electron chi connectivity index (χ0n) is 10.7. The van der Waals surface area contributed by atoms with E-state index in [4.69, 9.17) is 11.2 Å². The molecule has 1 aromatic carbocycles. The van der Waals surface area contributed by atoms with Crippen LogP contribution in [0.4, 0.5) is 0 Å². The molecule has 0 saturated heterocycles. The molecule has 2 heteroatoms. The van der Waals surface area contributed by atoms with Crippen molar-refractivity contribution in [2.45, 2.75) is 32.2 Å². The molecule has 0 bridgehead atoms. The summed E-state index contributed by atoms with van der Waals surface area (Å²) in [6.07, 6.45) is 8.06. The quantitative estimate of drug-likeness (QED) is 0.728. The van der Waals surface area contributed by atoms with Crippen LogP contribution in [-0.4, -0.2) is 13.7 Å². The molecule has 0 amide bonds. The fourth-order valence-corrected chi connectivity index (χ4v) is 1.75. The lowest BCUT2D eigenvalue weighted by molar-refractivity contribution is 0.316. The van der Waals surface area contributed by atoms with Crippen LogP contribution in [-0.2, 0) is 0 Å². The number of rotatable bonds is 7. The van der Waals surface area contributed by atoms with Crippen LogP contribution in [0.2, 0.25) is 0 Å². The maximum absolute atomic E-state index is 5.63. The highest BCUT2D eigenvalue weighted by Gasteiger charge is 2.08. The smallest absolute Gasteiger partial charge is 0.119 e. The summed E-state index contributed by atoms with van der Waals surface area (Å²) in [5.74, 6) is 3.62. The number of terminal acetylenes is 1. The molecule has 0 aliphatic heterocycles. The lowest BCUT2D eigenvalue weighted by Gasteiger charge is -2.16. The van der Waals surface area contributed by atoms with E-state index in [0.29, 0.717) is 6.04 Å². The van der Waals surface area contributed by atoms with Crippen molar-refractivity contribution in [3.05, 3.63) is 29.8 Å². The van der Waals surface area contributed by atoms with Crippen molar-refractivity contribution in [3.63, 3.8) is 0 Å². The van der Waals surface area contributed by atoms with Crippen LogP contribution in [0.1, 0.15) is 37.8 Å². The highest BCUT2D eigenvalue weighted by molar-refractivity contribution is 5.30. The van der Waals surface area contributed by atoms with Gasteiger partial charge in [0.15, 0.2) is 0 Å².